The van der Waals surface area contributed by atoms with Gasteiger partial charge < -0.3 is 4.74 Å². The Morgan fingerprint density at radius 3 is 2.33 bits per heavy atom. The van der Waals surface area contributed by atoms with Crippen molar-refractivity contribution in [1.29, 1.82) is 0 Å². The minimum absolute atomic E-state index is 0.276. The summed E-state index contributed by atoms with van der Waals surface area (Å²) in [5, 5.41) is 0. The first-order valence-corrected chi connectivity index (χ1v) is 12.2. The lowest BCUT2D eigenvalue weighted by Crippen LogP contribution is -2.41. The predicted octanol–water partition coefficient (Wildman–Crippen LogP) is 4.31. The number of ether oxygens (including phenoxy) is 1. The zero-order valence-corrected chi connectivity index (χ0v) is 18.5. The van der Waals surface area contributed by atoms with Crippen LogP contribution in [0, 0.1) is 5.92 Å². The van der Waals surface area contributed by atoms with E-state index >= 15 is 0 Å². The molecule has 30 heavy (non-hydrogen) atoms. The maximum atomic E-state index is 13.1. The van der Waals surface area contributed by atoms with Gasteiger partial charge in [-0.15, -0.1) is 0 Å². The molecule has 1 heterocycles. The van der Waals surface area contributed by atoms with Crippen LogP contribution in [0.3, 0.4) is 0 Å². The molecule has 0 atom stereocenters. The first kappa shape index (κ1) is 21.1. The number of rotatable bonds is 5. The molecule has 6 heteroatoms. The lowest BCUT2D eigenvalue weighted by atomic mass is 9.98. The number of nitrogens with zero attached hydrogens (tertiary/aromatic N) is 1. The Hall–Kier alpha value is -2.18. The highest BCUT2D eigenvalue weighted by molar-refractivity contribution is 7.89. The van der Waals surface area contributed by atoms with Crippen LogP contribution in [0.15, 0.2) is 47.4 Å². The van der Waals surface area contributed by atoms with Gasteiger partial charge in [0.15, 0.2) is 0 Å². The summed E-state index contributed by atoms with van der Waals surface area (Å²) in [7, 11) is -3.52. The van der Waals surface area contributed by atoms with Gasteiger partial charge in [-0.2, -0.15) is 4.31 Å². The molecule has 0 N–H and O–H groups in total. The van der Waals surface area contributed by atoms with E-state index in [0.29, 0.717) is 42.5 Å². The van der Waals surface area contributed by atoms with E-state index in [0.717, 1.165) is 24.8 Å². The molecule has 0 amide bonds. The summed E-state index contributed by atoms with van der Waals surface area (Å²) < 4.78 is 33.1. The Kier molecular flexibility index (Phi) is 5.98. The fraction of sp³-hybridized carbons (Fsp3) is 0.458. The molecule has 0 aromatic heterocycles. The van der Waals surface area contributed by atoms with Crippen molar-refractivity contribution in [2.24, 2.45) is 5.92 Å². The molecule has 2 aliphatic rings. The molecule has 5 nitrogen and oxygen atoms in total. The second-order valence-electron chi connectivity index (χ2n) is 8.61. The third kappa shape index (κ3) is 4.30. The van der Waals surface area contributed by atoms with E-state index in [2.05, 4.69) is 13.8 Å². The van der Waals surface area contributed by atoms with Gasteiger partial charge >= 0.3 is 5.97 Å². The highest BCUT2D eigenvalue weighted by Gasteiger charge is 2.33. The fourth-order valence-electron chi connectivity index (χ4n) is 4.31. The van der Waals surface area contributed by atoms with Gasteiger partial charge in [-0.3, -0.25) is 4.79 Å². The van der Waals surface area contributed by atoms with Crippen LogP contribution in [-0.2, 0) is 27.7 Å². The van der Waals surface area contributed by atoms with Gasteiger partial charge in [0.2, 0.25) is 10.0 Å². The molecule has 4 rings (SSSR count). The standard InChI is InChI=1S/C24H29NO4S/c1-17(2)18-6-9-22(10-7-18)29-24(26)20-12-14-25(15-13-20)30(27,28)23-11-8-19-4-3-5-21(19)16-23/h6-11,16-17,20H,3-5,12-15H2,1-2H3. The van der Waals surface area contributed by atoms with Crippen LogP contribution in [0.1, 0.15) is 55.7 Å². The molecule has 160 valence electrons. The maximum absolute atomic E-state index is 13.1. The lowest BCUT2D eigenvalue weighted by Gasteiger charge is -2.30. The van der Waals surface area contributed by atoms with E-state index in [1.165, 1.54) is 15.4 Å². The summed E-state index contributed by atoms with van der Waals surface area (Å²) >= 11 is 0. The number of carbonyl (C=O) groups excluding carboxylic acids is 1. The summed E-state index contributed by atoms with van der Waals surface area (Å²) in [5.74, 6) is 0.410. The molecule has 0 bridgehead atoms. The number of fused-ring (bicyclic) bond motifs is 1. The van der Waals surface area contributed by atoms with Crippen LogP contribution >= 0.6 is 0 Å². The topological polar surface area (TPSA) is 63.7 Å². The van der Waals surface area contributed by atoms with Crippen molar-refractivity contribution in [3.8, 4) is 5.75 Å². The summed E-state index contributed by atoms with van der Waals surface area (Å²) in [6.07, 6.45) is 4.03. The average molecular weight is 428 g/mol. The lowest BCUT2D eigenvalue weighted by molar-refractivity contribution is -0.140. The Bertz CT molecular complexity index is 1020. The van der Waals surface area contributed by atoms with Crippen LogP contribution in [0.2, 0.25) is 0 Å². The van der Waals surface area contributed by atoms with Crippen molar-refractivity contribution in [2.45, 2.75) is 56.8 Å². The molecular formula is C24H29NO4S. The summed E-state index contributed by atoms with van der Waals surface area (Å²) in [4.78, 5) is 12.9. The average Bonchev–Trinajstić information content (AvgIpc) is 3.22. The Balaban J connectivity index is 1.36. The van der Waals surface area contributed by atoms with Crippen molar-refractivity contribution >= 4 is 16.0 Å². The predicted molar refractivity (Wildman–Crippen MR) is 116 cm³/mol. The number of piperidine rings is 1. The maximum Gasteiger partial charge on any atom is 0.314 e. The van der Waals surface area contributed by atoms with Crippen LogP contribution in [-0.4, -0.2) is 31.8 Å². The number of sulfonamides is 1. The number of aryl methyl sites for hydroxylation is 2. The molecule has 0 spiro atoms. The van der Waals surface area contributed by atoms with Gasteiger partial charge in [0.25, 0.3) is 0 Å². The monoisotopic (exact) mass is 427 g/mol. The minimum Gasteiger partial charge on any atom is -0.426 e. The molecule has 0 radical (unpaired) electrons. The summed E-state index contributed by atoms with van der Waals surface area (Å²) in [5.41, 5.74) is 3.61. The molecule has 1 aliphatic carbocycles. The van der Waals surface area contributed by atoms with Crippen molar-refractivity contribution in [1.82, 2.24) is 4.31 Å². The van der Waals surface area contributed by atoms with Gasteiger partial charge in [-0.1, -0.05) is 32.0 Å². The number of benzene rings is 2. The Labute approximate surface area is 179 Å². The number of carbonyl (C=O) groups is 1. The van der Waals surface area contributed by atoms with Crippen molar-refractivity contribution in [3.63, 3.8) is 0 Å². The second kappa shape index (κ2) is 8.52. The largest absolute Gasteiger partial charge is 0.426 e. The first-order chi connectivity index (χ1) is 14.3. The van der Waals surface area contributed by atoms with E-state index in [1.807, 2.05) is 36.4 Å². The van der Waals surface area contributed by atoms with E-state index in [4.69, 9.17) is 4.74 Å². The normalized spacial score (nSPS) is 17.8. The van der Waals surface area contributed by atoms with Crippen LogP contribution in [0.4, 0.5) is 0 Å². The molecule has 0 unspecified atom stereocenters. The van der Waals surface area contributed by atoms with Crippen molar-refractivity contribution < 1.29 is 17.9 Å². The molecule has 2 aromatic rings. The van der Waals surface area contributed by atoms with E-state index in [9.17, 15) is 13.2 Å². The molecular weight excluding hydrogens is 398 g/mol. The third-order valence-electron chi connectivity index (χ3n) is 6.26. The molecule has 0 saturated carbocycles. The van der Waals surface area contributed by atoms with Gasteiger partial charge in [-0.25, -0.2) is 8.42 Å². The fourth-order valence-corrected chi connectivity index (χ4v) is 5.83. The highest BCUT2D eigenvalue weighted by Crippen LogP contribution is 2.29. The van der Waals surface area contributed by atoms with Crippen LogP contribution in [0.25, 0.3) is 0 Å². The van der Waals surface area contributed by atoms with Crippen molar-refractivity contribution in [3.05, 3.63) is 59.2 Å². The Morgan fingerprint density at radius 2 is 1.67 bits per heavy atom. The quantitative estimate of drug-likeness (QED) is 0.527. The molecule has 1 saturated heterocycles. The Morgan fingerprint density at radius 1 is 1.00 bits per heavy atom. The van der Waals surface area contributed by atoms with E-state index < -0.39 is 10.0 Å². The van der Waals surface area contributed by atoms with E-state index in [-0.39, 0.29) is 11.9 Å². The summed E-state index contributed by atoms with van der Waals surface area (Å²) in [6.45, 7) is 4.91. The van der Waals surface area contributed by atoms with E-state index in [1.54, 1.807) is 6.07 Å². The highest BCUT2D eigenvalue weighted by atomic mass is 32.2. The first-order valence-electron chi connectivity index (χ1n) is 10.8. The number of hydrogen-bond donors (Lipinski definition) is 0. The van der Waals surface area contributed by atoms with Gasteiger partial charge in [0, 0.05) is 13.1 Å². The molecule has 2 aromatic carbocycles. The van der Waals surface area contributed by atoms with Crippen LogP contribution < -0.4 is 4.74 Å². The smallest absolute Gasteiger partial charge is 0.314 e. The molecule has 1 aliphatic heterocycles. The molecule has 1 fully saturated rings. The van der Waals surface area contributed by atoms with Gasteiger partial charge in [-0.05, 0) is 79.0 Å². The number of esters is 1. The zero-order valence-electron chi connectivity index (χ0n) is 17.6. The van der Waals surface area contributed by atoms with Crippen LogP contribution in [0.5, 0.6) is 5.75 Å². The third-order valence-corrected chi connectivity index (χ3v) is 8.15. The second-order valence-corrected chi connectivity index (χ2v) is 10.5. The zero-order chi connectivity index (χ0) is 21.3. The number of hydrogen-bond acceptors (Lipinski definition) is 4. The summed E-state index contributed by atoms with van der Waals surface area (Å²) in [6, 6.07) is 13.1. The SMILES string of the molecule is CC(C)c1ccc(OC(=O)C2CCN(S(=O)(=O)c3ccc4c(c3)CCC4)CC2)cc1. The van der Waals surface area contributed by atoms with Gasteiger partial charge in [0.1, 0.15) is 5.75 Å². The van der Waals surface area contributed by atoms with Crippen molar-refractivity contribution in [2.75, 3.05) is 13.1 Å². The minimum atomic E-state index is -3.52. The van der Waals surface area contributed by atoms with Gasteiger partial charge in [0.05, 0.1) is 10.8 Å².